The van der Waals surface area contributed by atoms with Gasteiger partial charge in [0.25, 0.3) is 5.91 Å². The molecule has 1 aliphatic carbocycles. The van der Waals surface area contributed by atoms with Crippen molar-refractivity contribution in [3.8, 4) is 0 Å². The number of aliphatic hydroxyl groups excluding tert-OH is 1. The van der Waals surface area contributed by atoms with Crippen molar-refractivity contribution in [2.75, 3.05) is 13.1 Å². The lowest BCUT2D eigenvalue weighted by Crippen LogP contribution is -2.41. The van der Waals surface area contributed by atoms with Crippen LogP contribution in [0.25, 0.3) is 0 Å². The third-order valence-corrected chi connectivity index (χ3v) is 6.20. The summed E-state index contributed by atoms with van der Waals surface area (Å²) in [5, 5.41) is 14.9. The van der Waals surface area contributed by atoms with E-state index in [2.05, 4.69) is 24.1 Å². The molecule has 1 atom stereocenters. The van der Waals surface area contributed by atoms with E-state index in [9.17, 15) is 9.90 Å². The summed E-state index contributed by atoms with van der Waals surface area (Å²) >= 11 is 1.64. The molecule has 0 spiro atoms. The van der Waals surface area contributed by atoms with Crippen LogP contribution < -0.4 is 5.32 Å². The van der Waals surface area contributed by atoms with Crippen molar-refractivity contribution in [2.45, 2.75) is 52.3 Å². The molecule has 1 saturated carbocycles. The fraction of sp³-hybridized carbons (Fsp3) is 0.550. The van der Waals surface area contributed by atoms with E-state index in [1.54, 1.807) is 11.3 Å². The molecule has 0 saturated heterocycles. The van der Waals surface area contributed by atoms with Crippen LogP contribution in [-0.2, 0) is 6.54 Å². The van der Waals surface area contributed by atoms with Crippen molar-refractivity contribution in [1.82, 2.24) is 10.2 Å². The first-order valence-electron chi connectivity index (χ1n) is 9.35. The van der Waals surface area contributed by atoms with Crippen LogP contribution in [0.1, 0.15) is 59.5 Å². The number of rotatable bonds is 8. The Morgan fingerprint density at radius 2 is 2.15 bits per heavy atom. The zero-order valence-corrected chi connectivity index (χ0v) is 16.5. The highest BCUT2D eigenvalue weighted by molar-refractivity contribution is 7.10. The van der Waals surface area contributed by atoms with E-state index in [4.69, 9.17) is 4.42 Å². The zero-order valence-electron chi connectivity index (χ0n) is 15.7. The summed E-state index contributed by atoms with van der Waals surface area (Å²) in [4.78, 5) is 16.3. The number of carbonyl (C=O) groups excluding carboxylic acids is 1. The summed E-state index contributed by atoms with van der Waals surface area (Å²) in [6.45, 7) is 8.68. The van der Waals surface area contributed by atoms with Crippen molar-refractivity contribution in [3.05, 3.63) is 45.5 Å². The Balaban J connectivity index is 1.72. The molecule has 0 aliphatic heterocycles. The number of nitrogens with zero attached hydrogens (tertiary/aromatic N) is 1. The molecule has 142 valence electrons. The zero-order chi connectivity index (χ0) is 18.7. The Kier molecular flexibility index (Phi) is 6.16. The molecule has 6 heteroatoms. The molecular weight excluding hydrogens is 348 g/mol. The number of furan rings is 1. The normalized spacial score (nSPS) is 20.8. The van der Waals surface area contributed by atoms with Gasteiger partial charge >= 0.3 is 0 Å². The van der Waals surface area contributed by atoms with Gasteiger partial charge in [-0.05, 0) is 56.3 Å². The predicted octanol–water partition coefficient (Wildman–Crippen LogP) is 3.73. The maximum absolute atomic E-state index is 12.9. The van der Waals surface area contributed by atoms with Gasteiger partial charge in [0.05, 0.1) is 24.3 Å². The van der Waals surface area contributed by atoms with Crippen molar-refractivity contribution < 1.29 is 14.3 Å². The average Bonchev–Trinajstić information content (AvgIpc) is 3.24. The van der Waals surface area contributed by atoms with E-state index < -0.39 is 0 Å². The highest BCUT2D eigenvalue weighted by atomic mass is 32.1. The first-order chi connectivity index (χ1) is 12.5. The van der Waals surface area contributed by atoms with Crippen LogP contribution in [-0.4, -0.2) is 35.1 Å². The Morgan fingerprint density at radius 1 is 1.42 bits per heavy atom. The van der Waals surface area contributed by atoms with Gasteiger partial charge < -0.3 is 14.8 Å². The lowest BCUT2D eigenvalue weighted by Gasteiger charge is -2.37. The molecule has 0 radical (unpaired) electrons. The van der Waals surface area contributed by atoms with Crippen molar-refractivity contribution in [2.24, 2.45) is 5.92 Å². The van der Waals surface area contributed by atoms with Crippen LogP contribution >= 0.6 is 11.3 Å². The predicted molar refractivity (Wildman–Crippen MR) is 103 cm³/mol. The summed E-state index contributed by atoms with van der Waals surface area (Å²) < 4.78 is 5.82. The number of thiophene rings is 1. The Bertz CT molecular complexity index is 716. The summed E-state index contributed by atoms with van der Waals surface area (Å²) in [6.07, 6.45) is 1.23. The van der Waals surface area contributed by atoms with Crippen LogP contribution in [0.5, 0.6) is 0 Å². The number of hydrogen-bond acceptors (Lipinski definition) is 5. The van der Waals surface area contributed by atoms with Gasteiger partial charge in [-0.1, -0.05) is 19.9 Å². The lowest BCUT2D eigenvalue weighted by atomic mass is 9.76. The van der Waals surface area contributed by atoms with Gasteiger partial charge in [0, 0.05) is 4.88 Å². The van der Waals surface area contributed by atoms with E-state index in [1.165, 1.54) is 0 Å². The fourth-order valence-electron chi connectivity index (χ4n) is 3.53. The van der Waals surface area contributed by atoms with Gasteiger partial charge in [0.2, 0.25) is 0 Å². The highest BCUT2D eigenvalue weighted by Crippen LogP contribution is 2.39. The Hall–Kier alpha value is -1.63. The van der Waals surface area contributed by atoms with Gasteiger partial charge in [-0.25, -0.2) is 0 Å². The second kappa shape index (κ2) is 8.37. The molecule has 1 aliphatic rings. The van der Waals surface area contributed by atoms with E-state index in [0.717, 1.165) is 36.6 Å². The Morgan fingerprint density at radius 3 is 2.73 bits per heavy atom. The quantitative estimate of drug-likeness (QED) is 0.737. The minimum atomic E-state index is -0.240. The fourth-order valence-corrected chi connectivity index (χ4v) is 4.39. The second-order valence-electron chi connectivity index (χ2n) is 7.00. The van der Waals surface area contributed by atoms with Gasteiger partial charge in [-0.2, -0.15) is 0 Å². The third kappa shape index (κ3) is 4.19. The average molecular weight is 377 g/mol. The van der Waals surface area contributed by atoms with Gasteiger partial charge in [-0.15, -0.1) is 11.3 Å². The van der Waals surface area contributed by atoms with Crippen molar-refractivity contribution >= 4 is 17.2 Å². The maximum atomic E-state index is 12.9. The van der Waals surface area contributed by atoms with Crippen LogP contribution in [0.2, 0.25) is 0 Å². The number of carbonyl (C=O) groups is 1. The van der Waals surface area contributed by atoms with Crippen molar-refractivity contribution in [3.63, 3.8) is 0 Å². The van der Waals surface area contributed by atoms with Crippen LogP contribution in [0, 0.1) is 12.8 Å². The summed E-state index contributed by atoms with van der Waals surface area (Å²) in [7, 11) is 0. The lowest BCUT2D eigenvalue weighted by molar-refractivity contribution is 0.0241. The van der Waals surface area contributed by atoms with Gasteiger partial charge in [0.15, 0.2) is 0 Å². The summed E-state index contributed by atoms with van der Waals surface area (Å²) in [5.74, 6) is 1.66. The molecule has 26 heavy (non-hydrogen) atoms. The Labute approximate surface area is 159 Å². The molecule has 5 nitrogen and oxygen atoms in total. The van der Waals surface area contributed by atoms with Gasteiger partial charge in [-0.3, -0.25) is 9.69 Å². The summed E-state index contributed by atoms with van der Waals surface area (Å²) in [6, 6.07) is 5.87. The molecule has 1 fully saturated rings. The SMILES string of the molecule is CCN(CC)Cc1cc(C(=O)N[C@@H](c2cccs2)C2CC(O)C2)c(C)o1. The molecule has 2 aromatic rings. The minimum absolute atomic E-state index is 0.0496. The molecule has 3 rings (SSSR count). The molecule has 2 heterocycles. The van der Waals surface area contributed by atoms with E-state index >= 15 is 0 Å². The van der Waals surface area contributed by atoms with Crippen LogP contribution in [0.3, 0.4) is 0 Å². The minimum Gasteiger partial charge on any atom is -0.464 e. The molecule has 0 aromatic carbocycles. The number of aryl methyl sites for hydroxylation is 1. The van der Waals surface area contributed by atoms with E-state index in [-0.39, 0.29) is 24.0 Å². The highest BCUT2D eigenvalue weighted by Gasteiger charge is 2.36. The number of hydrogen-bond donors (Lipinski definition) is 2. The molecular formula is C20H28N2O3S. The van der Waals surface area contributed by atoms with Gasteiger partial charge in [0.1, 0.15) is 11.5 Å². The number of amides is 1. The first kappa shape index (κ1) is 19.1. The van der Waals surface area contributed by atoms with Crippen molar-refractivity contribution in [1.29, 1.82) is 0 Å². The van der Waals surface area contributed by atoms with E-state index in [1.807, 2.05) is 30.5 Å². The second-order valence-corrected chi connectivity index (χ2v) is 7.98. The van der Waals surface area contributed by atoms with Crippen LogP contribution in [0.15, 0.2) is 28.0 Å². The molecule has 1 amide bonds. The molecule has 2 aromatic heterocycles. The molecule has 0 bridgehead atoms. The number of aliphatic hydroxyl groups is 1. The summed E-state index contributed by atoms with van der Waals surface area (Å²) in [5.41, 5.74) is 0.605. The smallest absolute Gasteiger partial charge is 0.255 e. The standard InChI is InChI=1S/C20H28N2O3S/c1-4-22(5-2)12-16-11-17(13(3)25-16)20(24)21-19(14-9-15(23)10-14)18-7-6-8-26-18/h6-8,11,14-15,19,23H,4-5,9-10,12H2,1-3H3,(H,21,24)/t14?,15?,19-/m1/s1. The maximum Gasteiger partial charge on any atom is 0.255 e. The first-order valence-corrected chi connectivity index (χ1v) is 10.2. The number of nitrogens with one attached hydrogen (secondary N) is 1. The third-order valence-electron chi connectivity index (χ3n) is 5.24. The topological polar surface area (TPSA) is 65.7 Å². The monoisotopic (exact) mass is 376 g/mol. The largest absolute Gasteiger partial charge is 0.464 e. The van der Waals surface area contributed by atoms with Crippen LogP contribution in [0.4, 0.5) is 0 Å². The van der Waals surface area contributed by atoms with E-state index in [0.29, 0.717) is 17.9 Å². The molecule has 2 N–H and O–H groups in total. The molecule has 0 unspecified atom stereocenters.